The lowest BCUT2D eigenvalue weighted by atomic mass is 10.3. The van der Waals surface area contributed by atoms with Gasteiger partial charge in [0, 0.05) is 17.2 Å². The number of benzene rings is 1. The Bertz CT molecular complexity index is 548. The van der Waals surface area contributed by atoms with E-state index in [1.807, 2.05) is 24.3 Å². The summed E-state index contributed by atoms with van der Waals surface area (Å²) < 4.78 is 2.29. The lowest BCUT2D eigenvalue weighted by molar-refractivity contribution is 0.0686. The van der Waals surface area contributed by atoms with Crippen molar-refractivity contribution >= 4 is 33.3 Å². The number of hydrogen-bond acceptors (Lipinski definition) is 3. The van der Waals surface area contributed by atoms with Gasteiger partial charge in [0.2, 0.25) is 0 Å². The van der Waals surface area contributed by atoms with Crippen LogP contribution in [0.1, 0.15) is 10.5 Å². The standard InChI is InChI=1S/C11H10BrN3O2/c1-15-10(11(16)17)9(6-13-15)14-8-4-2-7(12)3-5-8/h2-6,14H,1H3,(H,16,17). The van der Waals surface area contributed by atoms with Gasteiger partial charge in [-0.2, -0.15) is 5.10 Å². The molecule has 0 aliphatic carbocycles. The van der Waals surface area contributed by atoms with E-state index in [4.69, 9.17) is 5.11 Å². The number of nitrogens with zero attached hydrogens (tertiary/aromatic N) is 2. The molecule has 0 atom stereocenters. The van der Waals surface area contributed by atoms with Gasteiger partial charge >= 0.3 is 5.97 Å². The second-order valence-corrected chi connectivity index (χ2v) is 4.38. The summed E-state index contributed by atoms with van der Waals surface area (Å²) >= 11 is 3.33. The fourth-order valence-corrected chi connectivity index (χ4v) is 1.74. The molecule has 1 aromatic carbocycles. The molecular weight excluding hydrogens is 286 g/mol. The fourth-order valence-electron chi connectivity index (χ4n) is 1.47. The van der Waals surface area contributed by atoms with E-state index in [1.54, 1.807) is 7.05 Å². The summed E-state index contributed by atoms with van der Waals surface area (Å²) in [6.07, 6.45) is 1.49. The zero-order valence-corrected chi connectivity index (χ0v) is 10.6. The molecule has 2 N–H and O–H groups in total. The largest absolute Gasteiger partial charge is 0.476 e. The van der Waals surface area contributed by atoms with Crippen molar-refractivity contribution < 1.29 is 9.90 Å². The van der Waals surface area contributed by atoms with Crippen LogP contribution < -0.4 is 5.32 Å². The van der Waals surface area contributed by atoms with Crippen molar-refractivity contribution in [3.8, 4) is 0 Å². The Morgan fingerprint density at radius 1 is 1.41 bits per heavy atom. The first-order valence-corrected chi connectivity index (χ1v) is 5.65. The third-order valence-corrected chi connectivity index (χ3v) is 2.79. The lowest BCUT2D eigenvalue weighted by Gasteiger charge is -2.05. The number of carboxylic acids is 1. The topological polar surface area (TPSA) is 67.2 Å². The van der Waals surface area contributed by atoms with Gasteiger partial charge in [-0.25, -0.2) is 4.79 Å². The molecule has 0 amide bonds. The van der Waals surface area contributed by atoms with Crippen molar-refractivity contribution in [2.75, 3.05) is 5.32 Å². The number of carboxylic acid groups (broad SMARTS) is 1. The molecule has 5 nitrogen and oxygen atoms in total. The lowest BCUT2D eigenvalue weighted by Crippen LogP contribution is -2.07. The van der Waals surface area contributed by atoms with E-state index >= 15 is 0 Å². The fraction of sp³-hybridized carbons (Fsp3) is 0.0909. The van der Waals surface area contributed by atoms with Gasteiger partial charge in [0.15, 0.2) is 5.69 Å². The summed E-state index contributed by atoms with van der Waals surface area (Å²) in [6, 6.07) is 7.45. The molecule has 0 radical (unpaired) electrons. The van der Waals surface area contributed by atoms with Gasteiger partial charge in [0.25, 0.3) is 0 Å². The molecule has 0 saturated heterocycles. The maximum Gasteiger partial charge on any atom is 0.356 e. The number of aromatic nitrogens is 2. The second-order valence-electron chi connectivity index (χ2n) is 3.47. The van der Waals surface area contributed by atoms with E-state index in [1.165, 1.54) is 10.9 Å². The maximum absolute atomic E-state index is 11.0. The number of halogens is 1. The van der Waals surface area contributed by atoms with Crippen molar-refractivity contribution in [1.82, 2.24) is 9.78 Å². The Balaban J connectivity index is 2.30. The minimum atomic E-state index is -1.01. The maximum atomic E-state index is 11.0. The average Bonchev–Trinajstić information content (AvgIpc) is 2.63. The van der Waals surface area contributed by atoms with Gasteiger partial charge in [0.05, 0.1) is 11.9 Å². The molecule has 1 heterocycles. The molecule has 6 heteroatoms. The van der Waals surface area contributed by atoms with Crippen LogP contribution in [-0.4, -0.2) is 20.9 Å². The molecular formula is C11H10BrN3O2. The molecule has 0 aliphatic rings. The third kappa shape index (κ3) is 2.47. The van der Waals surface area contributed by atoms with Crippen molar-refractivity contribution in [3.63, 3.8) is 0 Å². The van der Waals surface area contributed by atoms with Crippen molar-refractivity contribution in [2.45, 2.75) is 0 Å². The van der Waals surface area contributed by atoms with Crippen LogP contribution in [0.25, 0.3) is 0 Å². The van der Waals surface area contributed by atoms with E-state index in [-0.39, 0.29) is 5.69 Å². The zero-order chi connectivity index (χ0) is 12.4. The highest BCUT2D eigenvalue weighted by Crippen LogP contribution is 2.21. The second kappa shape index (κ2) is 4.58. The van der Waals surface area contributed by atoms with Crippen LogP contribution in [0.5, 0.6) is 0 Å². The summed E-state index contributed by atoms with van der Waals surface area (Å²) in [5.74, 6) is -1.01. The summed E-state index contributed by atoms with van der Waals surface area (Å²) in [7, 11) is 1.59. The normalized spacial score (nSPS) is 10.2. The summed E-state index contributed by atoms with van der Waals surface area (Å²) in [5, 5.41) is 16.0. The number of aromatic carboxylic acids is 1. The van der Waals surface area contributed by atoms with E-state index in [0.717, 1.165) is 10.2 Å². The van der Waals surface area contributed by atoms with Gasteiger partial charge in [-0.15, -0.1) is 0 Å². The van der Waals surface area contributed by atoms with E-state index < -0.39 is 5.97 Å². The zero-order valence-electron chi connectivity index (χ0n) is 9.01. The average molecular weight is 296 g/mol. The third-order valence-electron chi connectivity index (χ3n) is 2.26. The Morgan fingerprint density at radius 2 is 2.06 bits per heavy atom. The number of hydrogen-bond donors (Lipinski definition) is 2. The predicted octanol–water partition coefficient (Wildman–Crippen LogP) is 2.62. The summed E-state index contributed by atoms with van der Waals surface area (Å²) in [6.45, 7) is 0. The molecule has 0 fully saturated rings. The van der Waals surface area contributed by atoms with Crippen LogP contribution in [0, 0.1) is 0 Å². The van der Waals surface area contributed by atoms with Gasteiger partial charge in [-0.1, -0.05) is 15.9 Å². The Hall–Kier alpha value is -1.82. The molecule has 0 bridgehead atoms. The first-order chi connectivity index (χ1) is 8.08. The molecule has 1 aromatic heterocycles. The number of carbonyl (C=O) groups is 1. The first-order valence-electron chi connectivity index (χ1n) is 4.86. The van der Waals surface area contributed by atoms with E-state index in [9.17, 15) is 4.79 Å². The SMILES string of the molecule is Cn1ncc(Nc2ccc(Br)cc2)c1C(=O)O. The number of anilines is 2. The van der Waals surface area contributed by atoms with Crippen molar-refractivity contribution in [2.24, 2.45) is 7.05 Å². The molecule has 0 aliphatic heterocycles. The molecule has 0 saturated carbocycles. The Morgan fingerprint density at radius 3 is 2.65 bits per heavy atom. The van der Waals surface area contributed by atoms with E-state index in [0.29, 0.717) is 5.69 Å². The highest BCUT2D eigenvalue weighted by molar-refractivity contribution is 9.10. The van der Waals surface area contributed by atoms with E-state index in [2.05, 4.69) is 26.3 Å². The molecule has 0 spiro atoms. The van der Waals surface area contributed by atoms with Crippen LogP contribution in [0.2, 0.25) is 0 Å². The number of aryl methyl sites for hydroxylation is 1. The Kier molecular flexibility index (Phi) is 3.14. The van der Waals surface area contributed by atoms with Crippen LogP contribution in [0.4, 0.5) is 11.4 Å². The monoisotopic (exact) mass is 295 g/mol. The minimum absolute atomic E-state index is 0.132. The molecule has 2 rings (SSSR count). The highest BCUT2D eigenvalue weighted by atomic mass is 79.9. The van der Waals surface area contributed by atoms with Crippen molar-refractivity contribution in [1.29, 1.82) is 0 Å². The van der Waals surface area contributed by atoms with Gasteiger partial charge in [0.1, 0.15) is 0 Å². The number of rotatable bonds is 3. The quantitative estimate of drug-likeness (QED) is 0.913. The predicted molar refractivity (Wildman–Crippen MR) is 67.6 cm³/mol. The minimum Gasteiger partial charge on any atom is -0.476 e. The molecule has 2 aromatic rings. The summed E-state index contributed by atoms with van der Waals surface area (Å²) in [5.41, 5.74) is 1.42. The van der Waals surface area contributed by atoms with Gasteiger partial charge in [-0.3, -0.25) is 4.68 Å². The van der Waals surface area contributed by atoms with Crippen LogP contribution in [-0.2, 0) is 7.05 Å². The summed E-state index contributed by atoms with van der Waals surface area (Å²) in [4.78, 5) is 11.0. The molecule has 0 unspecified atom stereocenters. The number of nitrogens with one attached hydrogen (secondary N) is 1. The first kappa shape index (κ1) is 11.7. The smallest absolute Gasteiger partial charge is 0.356 e. The van der Waals surface area contributed by atoms with Crippen LogP contribution in [0.15, 0.2) is 34.9 Å². The van der Waals surface area contributed by atoms with Crippen LogP contribution in [0.3, 0.4) is 0 Å². The Labute approximate surface area is 106 Å². The highest BCUT2D eigenvalue weighted by Gasteiger charge is 2.15. The molecule has 88 valence electrons. The van der Waals surface area contributed by atoms with Gasteiger partial charge < -0.3 is 10.4 Å². The van der Waals surface area contributed by atoms with Gasteiger partial charge in [-0.05, 0) is 24.3 Å². The van der Waals surface area contributed by atoms with Crippen LogP contribution >= 0.6 is 15.9 Å². The van der Waals surface area contributed by atoms with Crippen molar-refractivity contribution in [3.05, 3.63) is 40.6 Å². The molecule has 17 heavy (non-hydrogen) atoms.